The molecule has 2 N–H and O–H groups in total. The van der Waals surface area contributed by atoms with Crippen LogP contribution in [0.2, 0.25) is 0 Å². The molecule has 1 heterocycles. The first-order chi connectivity index (χ1) is 10.9. The molecule has 1 aromatic carbocycles. The molecule has 0 spiro atoms. The van der Waals surface area contributed by atoms with Crippen LogP contribution in [0.1, 0.15) is 29.4 Å². The highest BCUT2D eigenvalue weighted by molar-refractivity contribution is 6.39. The zero-order chi connectivity index (χ0) is 17.0. The number of nitrogens with one attached hydrogen (secondary N) is 2. The molecule has 0 radical (unpaired) electrons. The van der Waals surface area contributed by atoms with Crippen molar-refractivity contribution >= 4 is 17.5 Å². The van der Waals surface area contributed by atoms with Crippen LogP contribution in [0.4, 0.5) is 5.69 Å². The van der Waals surface area contributed by atoms with Gasteiger partial charge in [0.2, 0.25) is 0 Å². The van der Waals surface area contributed by atoms with E-state index >= 15 is 0 Å². The number of aromatic nitrogens is 2. The maximum Gasteiger partial charge on any atom is 0.313 e. The molecule has 6 heteroatoms. The van der Waals surface area contributed by atoms with Crippen molar-refractivity contribution in [3.8, 4) is 0 Å². The summed E-state index contributed by atoms with van der Waals surface area (Å²) in [5.74, 6) is -1.33. The summed E-state index contributed by atoms with van der Waals surface area (Å²) >= 11 is 0. The van der Waals surface area contributed by atoms with E-state index in [0.29, 0.717) is 5.69 Å². The minimum absolute atomic E-state index is 0.289. The molecule has 0 aliphatic heterocycles. The molecule has 0 fully saturated rings. The second-order valence-electron chi connectivity index (χ2n) is 5.42. The van der Waals surface area contributed by atoms with E-state index in [4.69, 9.17) is 0 Å². The Labute approximate surface area is 135 Å². The van der Waals surface area contributed by atoms with Crippen LogP contribution in [-0.4, -0.2) is 21.6 Å². The smallest absolute Gasteiger partial charge is 0.313 e. The van der Waals surface area contributed by atoms with Gasteiger partial charge in [-0.3, -0.25) is 14.3 Å². The number of carbonyl (C=O) groups excluding carboxylic acids is 2. The fourth-order valence-electron chi connectivity index (χ4n) is 2.44. The van der Waals surface area contributed by atoms with Gasteiger partial charge in [-0.2, -0.15) is 5.10 Å². The van der Waals surface area contributed by atoms with Gasteiger partial charge in [-0.1, -0.05) is 18.2 Å². The molecule has 6 nitrogen and oxygen atoms in total. The predicted molar refractivity (Wildman–Crippen MR) is 89.0 cm³/mol. The topological polar surface area (TPSA) is 76.0 Å². The van der Waals surface area contributed by atoms with Crippen LogP contribution in [0, 0.1) is 20.8 Å². The van der Waals surface area contributed by atoms with Gasteiger partial charge in [-0.05, 0) is 39.3 Å². The number of carbonyl (C=O) groups is 2. The standard InChI is InChI=1S/C17H22N4O2/c1-5-21-13(4)14(12(3)20-21)10-18-16(22)17(23)19-15-9-7-6-8-11(15)2/h6-9H,5,10H2,1-4H3,(H,18,22)(H,19,23). The molecule has 0 aliphatic carbocycles. The van der Waals surface area contributed by atoms with Crippen LogP contribution < -0.4 is 10.6 Å². The van der Waals surface area contributed by atoms with Crippen molar-refractivity contribution in [3.05, 3.63) is 46.8 Å². The molecule has 23 heavy (non-hydrogen) atoms. The molecule has 1 aromatic heterocycles. The third-order valence-electron chi connectivity index (χ3n) is 3.86. The molecule has 0 atom stereocenters. The Morgan fingerprint density at radius 2 is 1.83 bits per heavy atom. The highest BCUT2D eigenvalue weighted by atomic mass is 16.2. The Morgan fingerprint density at radius 3 is 2.43 bits per heavy atom. The van der Waals surface area contributed by atoms with Gasteiger partial charge in [0, 0.05) is 30.0 Å². The van der Waals surface area contributed by atoms with Crippen molar-refractivity contribution in [2.24, 2.45) is 0 Å². The second-order valence-corrected chi connectivity index (χ2v) is 5.42. The van der Waals surface area contributed by atoms with Crippen molar-refractivity contribution in [2.75, 3.05) is 5.32 Å². The third kappa shape index (κ3) is 3.77. The molecule has 0 aliphatic rings. The van der Waals surface area contributed by atoms with E-state index in [1.807, 2.05) is 50.6 Å². The maximum atomic E-state index is 12.0. The number of amides is 2. The Hall–Kier alpha value is -2.63. The van der Waals surface area contributed by atoms with Crippen molar-refractivity contribution < 1.29 is 9.59 Å². The first-order valence-electron chi connectivity index (χ1n) is 7.61. The van der Waals surface area contributed by atoms with Crippen LogP contribution in [0.5, 0.6) is 0 Å². The third-order valence-corrected chi connectivity index (χ3v) is 3.86. The van der Waals surface area contributed by atoms with Crippen LogP contribution in [-0.2, 0) is 22.7 Å². The average Bonchev–Trinajstić information content (AvgIpc) is 2.81. The second kappa shape index (κ2) is 7.09. The summed E-state index contributed by atoms with van der Waals surface area (Å²) in [6.45, 7) is 8.80. The van der Waals surface area contributed by atoms with Gasteiger partial charge >= 0.3 is 11.8 Å². The molecular weight excluding hydrogens is 292 g/mol. The fraction of sp³-hybridized carbons (Fsp3) is 0.353. The summed E-state index contributed by atoms with van der Waals surface area (Å²) in [6.07, 6.45) is 0. The van der Waals surface area contributed by atoms with Crippen LogP contribution in [0.25, 0.3) is 0 Å². The van der Waals surface area contributed by atoms with Gasteiger partial charge < -0.3 is 10.6 Å². The summed E-state index contributed by atoms with van der Waals surface area (Å²) in [4.78, 5) is 24.0. The first-order valence-corrected chi connectivity index (χ1v) is 7.61. The number of rotatable bonds is 4. The SMILES string of the molecule is CCn1nc(C)c(CNC(=O)C(=O)Nc2ccccc2C)c1C. The van der Waals surface area contributed by atoms with Crippen molar-refractivity contribution in [3.63, 3.8) is 0 Å². The van der Waals surface area contributed by atoms with E-state index < -0.39 is 11.8 Å². The van der Waals surface area contributed by atoms with E-state index in [1.54, 1.807) is 6.07 Å². The number of hydrogen-bond acceptors (Lipinski definition) is 3. The summed E-state index contributed by atoms with van der Waals surface area (Å²) in [6, 6.07) is 7.33. The van der Waals surface area contributed by atoms with Gasteiger partial charge in [-0.15, -0.1) is 0 Å². The molecule has 2 aromatic rings. The number of aryl methyl sites for hydroxylation is 3. The Morgan fingerprint density at radius 1 is 1.13 bits per heavy atom. The Bertz CT molecular complexity index is 734. The number of anilines is 1. The number of para-hydroxylation sites is 1. The van der Waals surface area contributed by atoms with Gasteiger partial charge in [0.25, 0.3) is 0 Å². The van der Waals surface area contributed by atoms with Gasteiger partial charge in [0.15, 0.2) is 0 Å². The van der Waals surface area contributed by atoms with Crippen molar-refractivity contribution in [2.45, 2.75) is 40.8 Å². The predicted octanol–water partition coefficient (Wildman–Crippen LogP) is 2.08. The van der Waals surface area contributed by atoms with E-state index in [-0.39, 0.29) is 6.54 Å². The van der Waals surface area contributed by atoms with E-state index in [1.165, 1.54) is 0 Å². The average molecular weight is 314 g/mol. The fourth-order valence-corrected chi connectivity index (χ4v) is 2.44. The van der Waals surface area contributed by atoms with Gasteiger partial charge in [0.1, 0.15) is 0 Å². The molecule has 0 saturated carbocycles. The lowest BCUT2D eigenvalue weighted by molar-refractivity contribution is -0.136. The minimum atomic E-state index is -0.669. The minimum Gasteiger partial charge on any atom is -0.344 e. The quantitative estimate of drug-likeness (QED) is 0.848. The monoisotopic (exact) mass is 314 g/mol. The number of benzene rings is 1. The van der Waals surface area contributed by atoms with Crippen molar-refractivity contribution in [1.82, 2.24) is 15.1 Å². The van der Waals surface area contributed by atoms with E-state index in [9.17, 15) is 9.59 Å². The Kier molecular flexibility index (Phi) is 5.16. The number of nitrogens with zero attached hydrogens (tertiary/aromatic N) is 2. The van der Waals surface area contributed by atoms with Crippen molar-refractivity contribution in [1.29, 1.82) is 0 Å². The zero-order valence-electron chi connectivity index (χ0n) is 13.9. The molecule has 2 amide bonds. The zero-order valence-corrected chi connectivity index (χ0v) is 13.9. The normalized spacial score (nSPS) is 10.4. The summed E-state index contributed by atoms with van der Waals surface area (Å²) in [5, 5.41) is 9.67. The molecule has 2 rings (SSSR count). The maximum absolute atomic E-state index is 12.0. The molecule has 0 saturated heterocycles. The Balaban J connectivity index is 1.98. The molecule has 0 unspecified atom stereocenters. The lowest BCUT2D eigenvalue weighted by Gasteiger charge is -2.09. The number of hydrogen-bond donors (Lipinski definition) is 2. The molecule has 122 valence electrons. The molecule has 0 bridgehead atoms. The largest absolute Gasteiger partial charge is 0.344 e. The first kappa shape index (κ1) is 16.7. The van der Waals surface area contributed by atoms with E-state index in [2.05, 4.69) is 15.7 Å². The highest BCUT2D eigenvalue weighted by Gasteiger charge is 2.16. The lowest BCUT2D eigenvalue weighted by Crippen LogP contribution is -2.35. The van der Waals surface area contributed by atoms with Crippen LogP contribution in [0.15, 0.2) is 24.3 Å². The summed E-state index contributed by atoms with van der Waals surface area (Å²) in [5.41, 5.74) is 4.36. The van der Waals surface area contributed by atoms with Crippen LogP contribution >= 0.6 is 0 Å². The summed E-state index contributed by atoms with van der Waals surface area (Å²) in [7, 11) is 0. The molecular formula is C17H22N4O2. The van der Waals surface area contributed by atoms with Crippen LogP contribution in [0.3, 0.4) is 0 Å². The van der Waals surface area contributed by atoms with Gasteiger partial charge in [-0.25, -0.2) is 0 Å². The lowest BCUT2D eigenvalue weighted by atomic mass is 10.2. The summed E-state index contributed by atoms with van der Waals surface area (Å²) < 4.78 is 1.88. The van der Waals surface area contributed by atoms with E-state index in [0.717, 1.165) is 29.1 Å². The van der Waals surface area contributed by atoms with Gasteiger partial charge in [0.05, 0.1) is 5.69 Å². The highest BCUT2D eigenvalue weighted by Crippen LogP contribution is 2.14.